The van der Waals surface area contributed by atoms with Crippen molar-refractivity contribution in [2.24, 2.45) is 0 Å². The molecule has 0 spiro atoms. The molecule has 0 unspecified atom stereocenters. The zero-order chi connectivity index (χ0) is 17.6. The Hall–Kier alpha value is -0.960. The van der Waals surface area contributed by atoms with Gasteiger partial charge in [-0.05, 0) is 24.3 Å². The Labute approximate surface area is 172 Å². The van der Waals surface area contributed by atoms with Crippen LogP contribution in [0.15, 0.2) is 41.4 Å². The molecule has 1 fully saturated rings. The van der Waals surface area contributed by atoms with Crippen molar-refractivity contribution in [1.29, 1.82) is 0 Å². The van der Waals surface area contributed by atoms with Gasteiger partial charge in [0.25, 0.3) is 10.0 Å². The fourth-order valence-corrected chi connectivity index (χ4v) is 6.59. The highest BCUT2D eigenvalue weighted by atomic mass is 35.5. The number of nitrogens with zero attached hydrogens (tertiary/aromatic N) is 2. The van der Waals surface area contributed by atoms with E-state index in [1.807, 2.05) is 18.2 Å². The topological polar surface area (TPSA) is 54.3 Å². The van der Waals surface area contributed by atoms with Gasteiger partial charge >= 0.3 is 0 Å². The number of benzene rings is 1. The van der Waals surface area contributed by atoms with Crippen LogP contribution in [-0.4, -0.2) is 38.6 Å². The summed E-state index contributed by atoms with van der Waals surface area (Å²) >= 11 is 13.1. The standard InChI is InChI=1S/C16H15Cl2N3O2S2.ClH/c17-15-10-14(16(18)24-15)25(22,23)21-7-4-11-12(2-1-3-13(11)21)20-8-5-19-6-9-20;/h1-4,7,10,19H,5-6,8-9H2;1H. The Morgan fingerprint density at radius 2 is 1.85 bits per heavy atom. The van der Waals surface area contributed by atoms with Crippen LogP contribution in [0.3, 0.4) is 0 Å². The number of aromatic nitrogens is 1. The van der Waals surface area contributed by atoms with E-state index in [2.05, 4.69) is 10.2 Å². The molecule has 0 bridgehead atoms. The van der Waals surface area contributed by atoms with Crippen LogP contribution >= 0.6 is 46.9 Å². The third-order valence-corrected chi connectivity index (χ3v) is 7.74. The Morgan fingerprint density at radius 3 is 2.50 bits per heavy atom. The second-order valence-corrected chi connectivity index (χ2v) is 9.82. The maximum absolute atomic E-state index is 13.0. The average Bonchev–Trinajstić information content (AvgIpc) is 3.19. The van der Waals surface area contributed by atoms with E-state index in [1.165, 1.54) is 10.0 Å². The Bertz CT molecular complexity index is 1040. The van der Waals surface area contributed by atoms with Crippen molar-refractivity contribution in [2.75, 3.05) is 31.1 Å². The highest BCUT2D eigenvalue weighted by Crippen LogP contribution is 2.37. The lowest BCUT2D eigenvalue weighted by molar-refractivity contribution is 0.589. The van der Waals surface area contributed by atoms with Crippen molar-refractivity contribution in [3.63, 3.8) is 0 Å². The Morgan fingerprint density at radius 1 is 1.12 bits per heavy atom. The van der Waals surface area contributed by atoms with Crippen LogP contribution < -0.4 is 10.2 Å². The highest BCUT2D eigenvalue weighted by molar-refractivity contribution is 7.90. The molecular weight excluding hydrogens is 437 g/mol. The molecule has 0 amide bonds. The van der Waals surface area contributed by atoms with E-state index >= 15 is 0 Å². The summed E-state index contributed by atoms with van der Waals surface area (Å²) in [5.74, 6) is 0. The minimum Gasteiger partial charge on any atom is -0.368 e. The molecule has 2 aromatic heterocycles. The number of nitrogens with one attached hydrogen (secondary N) is 1. The maximum atomic E-state index is 13.0. The average molecular weight is 453 g/mol. The Kier molecular flexibility index (Phi) is 5.77. The van der Waals surface area contributed by atoms with Crippen molar-refractivity contribution in [3.8, 4) is 0 Å². The van der Waals surface area contributed by atoms with Gasteiger partial charge in [-0.15, -0.1) is 23.7 Å². The summed E-state index contributed by atoms with van der Waals surface area (Å²) in [6, 6.07) is 8.95. The lowest BCUT2D eigenvalue weighted by Gasteiger charge is -2.30. The van der Waals surface area contributed by atoms with Crippen molar-refractivity contribution in [3.05, 3.63) is 45.2 Å². The molecule has 0 saturated carbocycles. The number of rotatable bonds is 3. The molecule has 140 valence electrons. The van der Waals surface area contributed by atoms with Crippen LogP contribution in [0, 0.1) is 0 Å². The van der Waals surface area contributed by atoms with Gasteiger partial charge in [0.2, 0.25) is 0 Å². The van der Waals surface area contributed by atoms with Gasteiger partial charge < -0.3 is 10.2 Å². The second kappa shape index (κ2) is 7.58. The molecule has 3 aromatic rings. The third-order valence-electron chi connectivity index (χ3n) is 4.29. The van der Waals surface area contributed by atoms with Crippen molar-refractivity contribution in [2.45, 2.75) is 4.90 Å². The molecule has 1 N–H and O–H groups in total. The first kappa shape index (κ1) is 19.8. The van der Waals surface area contributed by atoms with Crippen LogP contribution in [0.4, 0.5) is 5.69 Å². The van der Waals surface area contributed by atoms with Gasteiger partial charge in [-0.25, -0.2) is 12.4 Å². The minimum absolute atomic E-state index is 0. The van der Waals surface area contributed by atoms with Gasteiger partial charge in [0.05, 0.1) is 9.85 Å². The predicted molar refractivity (Wildman–Crippen MR) is 111 cm³/mol. The summed E-state index contributed by atoms with van der Waals surface area (Å²) in [5, 5.41) is 4.23. The van der Waals surface area contributed by atoms with Crippen molar-refractivity contribution in [1.82, 2.24) is 9.29 Å². The van der Waals surface area contributed by atoms with E-state index in [0.717, 1.165) is 48.6 Å². The first-order chi connectivity index (χ1) is 12.0. The minimum atomic E-state index is -3.80. The van der Waals surface area contributed by atoms with Gasteiger partial charge in [-0.3, -0.25) is 0 Å². The number of piperazine rings is 1. The molecule has 1 aliphatic rings. The third kappa shape index (κ3) is 3.32. The number of hydrogen-bond acceptors (Lipinski definition) is 5. The van der Waals surface area contributed by atoms with Crippen molar-refractivity contribution < 1.29 is 8.42 Å². The van der Waals surface area contributed by atoms with Gasteiger partial charge in [0.15, 0.2) is 0 Å². The molecule has 3 heterocycles. The van der Waals surface area contributed by atoms with Crippen molar-refractivity contribution >= 4 is 73.6 Å². The largest absolute Gasteiger partial charge is 0.368 e. The normalized spacial score (nSPS) is 15.2. The van der Waals surface area contributed by atoms with Crippen LogP contribution in [-0.2, 0) is 10.0 Å². The molecule has 0 radical (unpaired) electrons. The van der Waals surface area contributed by atoms with Gasteiger partial charge in [0.1, 0.15) is 9.23 Å². The number of fused-ring (bicyclic) bond motifs is 1. The molecule has 4 rings (SSSR count). The van der Waals surface area contributed by atoms with Crippen LogP contribution in [0.25, 0.3) is 10.9 Å². The monoisotopic (exact) mass is 451 g/mol. The maximum Gasteiger partial charge on any atom is 0.270 e. The van der Waals surface area contributed by atoms with E-state index in [0.29, 0.717) is 9.85 Å². The Balaban J connectivity index is 0.00000196. The number of hydrogen-bond donors (Lipinski definition) is 1. The second-order valence-electron chi connectivity index (χ2n) is 5.75. The molecule has 1 aromatic carbocycles. The highest BCUT2D eigenvalue weighted by Gasteiger charge is 2.25. The van der Waals surface area contributed by atoms with E-state index < -0.39 is 10.0 Å². The first-order valence-electron chi connectivity index (χ1n) is 7.74. The summed E-state index contributed by atoms with van der Waals surface area (Å²) in [7, 11) is -3.80. The molecule has 10 heteroatoms. The van der Waals surface area contributed by atoms with Crippen LogP contribution in [0.2, 0.25) is 8.67 Å². The summed E-state index contributed by atoms with van der Waals surface area (Å²) in [4.78, 5) is 2.30. The number of anilines is 1. The molecular formula is C16H16Cl3N3O2S2. The number of halogens is 3. The summed E-state index contributed by atoms with van der Waals surface area (Å²) in [6.07, 6.45) is 1.58. The molecule has 0 aliphatic carbocycles. The first-order valence-corrected chi connectivity index (χ1v) is 10.8. The molecule has 1 aliphatic heterocycles. The zero-order valence-electron chi connectivity index (χ0n) is 13.5. The summed E-state index contributed by atoms with van der Waals surface area (Å²) in [5.41, 5.74) is 1.68. The summed E-state index contributed by atoms with van der Waals surface area (Å²) < 4.78 is 27.9. The van der Waals surface area contributed by atoms with Gasteiger partial charge in [0, 0.05) is 43.4 Å². The smallest absolute Gasteiger partial charge is 0.270 e. The van der Waals surface area contributed by atoms with Crippen LogP contribution in [0.5, 0.6) is 0 Å². The lowest BCUT2D eigenvalue weighted by Crippen LogP contribution is -2.43. The quantitative estimate of drug-likeness (QED) is 0.650. The zero-order valence-corrected chi connectivity index (χ0v) is 17.4. The molecule has 5 nitrogen and oxygen atoms in total. The van der Waals surface area contributed by atoms with E-state index in [9.17, 15) is 8.42 Å². The van der Waals surface area contributed by atoms with Gasteiger partial charge in [-0.2, -0.15) is 0 Å². The van der Waals surface area contributed by atoms with E-state index in [1.54, 1.807) is 12.3 Å². The van der Waals surface area contributed by atoms with E-state index in [-0.39, 0.29) is 21.6 Å². The lowest BCUT2D eigenvalue weighted by atomic mass is 10.2. The van der Waals surface area contributed by atoms with Gasteiger partial charge in [-0.1, -0.05) is 29.3 Å². The fraction of sp³-hybridized carbons (Fsp3) is 0.250. The molecule has 1 saturated heterocycles. The van der Waals surface area contributed by atoms with Crippen LogP contribution in [0.1, 0.15) is 0 Å². The fourth-order valence-electron chi connectivity index (χ4n) is 3.12. The molecule has 0 atom stereocenters. The summed E-state index contributed by atoms with van der Waals surface area (Å²) in [6.45, 7) is 3.61. The predicted octanol–water partition coefficient (Wildman–Crippen LogP) is 4.08. The number of thiophene rings is 1. The van der Waals surface area contributed by atoms with E-state index in [4.69, 9.17) is 23.2 Å². The SMILES string of the molecule is Cl.O=S(=O)(c1cc(Cl)sc1Cl)n1ccc2c(N3CCNCC3)cccc21. The molecule has 26 heavy (non-hydrogen) atoms.